The van der Waals surface area contributed by atoms with E-state index in [2.05, 4.69) is 4.74 Å². The van der Waals surface area contributed by atoms with Gasteiger partial charge < -0.3 is 10.5 Å². The van der Waals surface area contributed by atoms with E-state index < -0.39 is 34.9 Å². The minimum absolute atomic E-state index is 0. The van der Waals surface area contributed by atoms with Gasteiger partial charge in [-0.3, -0.25) is 0 Å². The van der Waals surface area contributed by atoms with E-state index in [1.165, 1.54) is 6.92 Å². The second kappa shape index (κ2) is 7.82. The summed E-state index contributed by atoms with van der Waals surface area (Å²) in [7, 11) is 0. The summed E-state index contributed by atoms with van der Waals surface area (Å²) in [5.74, 6) is -1.24. The van der Waals surface area contributed by atoms with Crippen molar-refractivity contribution in [1.29, 1.82) is 0 Å². The third-order valence-electron chi connectivity index (χ3n) is 2.52. The Labute approximate surface area is 129 Å². The van der Waals surface area contributed by atoms with E-state index >= 15 is 0 Å². The van der Waals surface area contributed by atoms with Crippen LogP contribution >= 0.6 is 24.0 Å². The fraction of sp³-hybridized carbons (Fsp3) is 0.417. The van der Waals surface area contributed by atoms with Crippen LogP contribution in [0.3, 0.4) is 0 Å². The Morgan fingerprint density at radius 3 is 2.48 bits per heavy atom. The standard InChI is InChI=1S/C12H12ClF4NO2.ClH/c1-2-20-11(19)9(14)10(18)6-4-3-5-7(8(6)13)12(15,16)17;/h3-5,9-10H,2,18H2,1H3;1H/t9?,10-;/m1./s1. The van der Waals surface area contributed by atoms with E-state index in [9.17, 15) is 22.4 Å². The van der Waals surface area contributed by atoms with Gasteiger partial charge in [0.05, 0.1) is 23.2 Å². The zero-order valence-electron chi connectivity index (χ0n) is 10.8. The van der Waals surface area contributed by atoms with E-state index in [-0.39, 0.29) is 24.6 Å². The summed E-state index contributed by atoms with van der Waals surface area (Å²) in [5, 5.41) is -0.723. The average Bonchev–Trinajstić information content (AvgIpc) is 2.36. The Balaban J connectivity index is 0.00000400. The summed E-state index contributed by atoms with van der Waals surface area (Å²) < 4.78 is 56.1. The highest BCUT2D eigenvalue weighted by Crippen LogP contribution is 2.38. The van der Waals surface area contributed by atoms with E-state index in [0.717, 1.165) is 18.2 Å². The number of hydrogen-bond donors (Lipinski definition) is 1. The van der Waals surface area contributed by atoms with Crippen molar-refractivity contribution in [2.75, 3.05) is 6.61 Å². The molecule has 0 aliphatic rings. The molecule has 1 unspecified atom stereocenters. The molecule has 2 N–H and O–H groups in total. The Hall–Kier alpha value is -1.05. The molecule has 9 heteroatoms. The van der Waals surface area contributed by atoms with Gasteiger partial charge in [0.1, 0.15) is 0 Å². The minimum Gasteiger partial charge on any atom is -0.464 e. The molecule has 0 aromatic heterocycles. The van der Waals surface area contributed by atoms with E-state index in [0.29, 0.717) is 0 Å². The molecule has 1 rings (SSSR count). The average molecular weight is 350 g/mol. The van der Waals surface area contributed by atoms with Gasteiger partial charge >= 0.3 is 12.1 Å². The largest absolute Gasteiger partial charge is 0.464 e. The number of benzene rings is 1. The molecule has 0 amide bonds. The summed E-state index contributed by atoms with van der Waals surface area (Å²) in [5.41, 5.74) is 4.02. The molecule has 2 atom stereocenters. The van der Waals surface area contributed by atoms with Gasteiger partial charge in [0.15, 0.2) is 0 Å². The molecule has 1 aromatic carbocycles. The first-order valence-corrected chi connectivity index (χ1v) is 5.99. The second-order valence-electron chi connectivity index (χ2n) is 3.89. The lowest BCUT2D eigenvalue weighted by molar-refractivity contribution is -0.149. The third kappa shape index (κ3) is 4.72. The number of hydrogen-bond acceptors (Lipinski definition) is 3. The molecule has 21 heavy (non-hydrogen) atoms. The normalized spacial score (nSPS) is 14.0. The lowest BCUT2D eigenvalue weighted by Gasteiger charge is -2.19. The van der Waals surface area contributed by atoms with Crippen LogP contribution in [-0.2, 0) is 15.7 Å². The minimum atomic E-state index is -4.69. The number of rotatable bonds is 4. The molecule has 1 aromatic rings. The van der Waals surface area contributed by atoms with Crippen molar-refractivity contribution in [3.63, 3.8) is 0 Å². The highest BCUT2D eigenvalue weighted by atomic mass is 35.5. The van der Waals surface area contributed by atoms with Gasteiger partial charge in [-0.25, -0.2) is 9.18 Å². The van der Waals surface area contributed by atoms with Gasteiger partial charge in [-0.15, -0.1) is 12.4 Å². The Kier molecular flexibility index (Phi) is 7.43. The number of alkyl halides is 4. The van der Waals surface area contributed by atoms with Crippen LogP contribution in [0.15, 0.2) is 18.2 Å². The molecule has 0 radical (unpaired) electrons. The van der Waals surface area contributed by atoms with Gasteiger partial charge in [-0.05, 0) is 18.6 Å². The molecule has 120 valence electrons. The van der Waals surface area contributed by atoms with Crippen molar-refractivity contribution in [3.05, 3.63) is 34.3 Å². The van der Waals surface area contributed by atoms with Crippen LogP contribution in [0, 0.1) is 0 Å². The number of carbonyl (C=O) groups excluding carboxylic acids is 1. The van der Waals surface area contributed by atoms with Crippen LogP contribution < -0.4 is 5.73 Å². The van der Waals surface area contributed by atoms with Gasteiger partial charge in [-0.1, -0.05) is 23.7 Å². The second-order valence-corrected chi connectivity index (χ2v) is 4.26. The molecule has 0 aliphatic heterocycles. The first-order valence-electron chi connectivity index (χ1n) is 5.62. The third-order valence-corrected chi connectivity index (χ3v) is 2.94. The zero-order valence-corrected chi connectivity index (χ0v) is 12.4. The molecular weight excluding hydrogens is 337 g/mol. The molecule has 0 heterocycles. The summed E-state index contributed by atoms with van der Waals surface area (Å²) in [6.45, 7) is 1.40. The molecule has 0 bridgehead atoms. The molecule has 0 aliphatic carbocycles. The fourth-order valence-corrected chi connectivity index (χ4v) is 1.91. The molecule has 0 saturated heterocycles. The zero-order chi connectivity index (χ0) is 15.5. The van der Waals surface area contributed by atoms with Crippen molar-refractivity contribution < 1.29 is 27.1 Å². The van der Waals surface area contributed by atoms with E-state index in [1.807, 2.05) is 0 Å². The van der Waals surface area contributed by atoms with Crippen LogP contribution in [0.4, 0.5) is 17.6 Å². The fourth-order valence-electron chi connectivity index (χ4n) is 1.55. The van der Waals surface area contributed by atoms with E-state index in [4.69, 9.17) is 17.3 Å². The topological polar surface area (TPSA) is 52.3 Å². The highest BCUT2D eigenvalue weighted by molar-refractivity contribution is 6.32. The summed E-state index contributed by atoms with van der Waals surface area (Å²) in [6.07, 6.45) is -6.99. The van der Waals surface area contributed by atoms with Gasteiger partial charge in [0.25, 0.3) is 0 Å². The Morgan fingerprint density at radius 2 is 2.00 bits per heavy atom. The lowest BCUT2D eigenvalue weighted by Crippen LogP contribution is -2.32. The van der Waals surface area contributed by atoms with Crippen LogP contribution in [0.5, 0.6) is 0 Å². The summed E-state index contributed by atoms with van der Waals surface area (Å²) >= 11 is 5.60. The predicted octanol–water partition coefficient (Wildman–Crippen LogP) is 3.68. The maximum absolute atomic E-state index is 13.7. The molecule has 0 spiro atoms. The first kappa shape index (κ1) is 19.9. The molecule has 0 saturated carbocycles. The van der Waals surface area contributed by atoms with Crippen molar-refractivity contribution >= 4 is 30.0 Å². The molecular formula is C12H13Cl2F4NO2. The number of carbonyl (C=O) groups is 1. The quantitative estimate of drug-likeness (QED) is 0.666. The number of esters is 1. The summed E-state index contributed by atoms with van der Waals surface area (Å²) in [6, 6.07) is 1.29. The van der Waals surface area contributed by atoms with Gasteiger partial charge in [0, 0.05) is 0 Å². The number of nitrogens with two attached hydrogens (primary N) is 1. The monoisotopic (exact) mass is 349 g/mol. The maximum atomic E-state index is 13.7. The van der Waals surface area contributed by atoms with Gasteiger partial charge in [-0.2, -0.15) is 13.2 Å². The number of halogens is 6. The van der Waals surface area contributed by atoms with Crippen LogP contribution in [0.1, 0.15) is 24.1 Å². The van der Waals surface area contributed by atoms with E-state index in [1.54, 1.807) is 0 Å². The first-order chi connectivity index (χ1) is 9.20. The lowest BCUT2D eigenvalue weighted by atomic mass is 10.0. The predicted molar refractivity (Wildman–Crippen MR) is 72.2 cm³/mol. The van der Waals surface area contributed by atoms with Crippen molar-refractivity contribution in [2.45, 2.75) is 25.3 Å². The SMILES string of the molecule is CCOC(=O)C(F)[C@H](N)c1cccc(C(F)(F)F)c1Cl.Cl. The van der Waals surface area contributed by atoms with Crippen molar-refractivity contribution in [2.24, 2.45) is 5.73 Å². The molecule has 0 fully saturated rings. The number of ether oxygens (including phenoxy) is 1. The van der Waals surface area contributed by atoms with Gasteiger partial charge in [0.2, 0.25) is 6.17 Å². The highest BCUT2D eigenvalue weighted by Gasteiger charge is 2.36. The molecule has 3 nitrogen and oxygen atoms in total. The maximum Gasteiger partial charge on any atom is 0.417 e. The Morgan fingerprint density at radius 1 is 1.43 bits per heavy atom. The van der Waals surface area contributed by atoms with Crippen LogP contribution in [0.25, 0.3) is 0 Å². The Bertz CT molecular complexity index is 497. The van der Waals surface area contributed by atoms with Crippen molar-refractivity contribution in [3.8, 4) is 0 Å². The summed E-state index contributed by atoms with van der Waals surface area (Å²) in [4.78, 5) is 11.2. The smallest absolute Gasteiger partial charge is 0.417 e. The van der Waals surface area contributed by atoms with Crippen LogP contribution in [-0.4, -0.2) is 18.7 Å². The van der Waals surface area contributed by atoms with Crippen molar-refractivity contribution in [1.82, 2.24) is 0 Å². The van der Waals surface area contributed by atoms with Crippen LogP contribution in [0.2, 0.25) is 5.02 Å².